The van der Waals surface area contributed by atoms with Gasteiger partial charge in [-0.05, 0) is 49.2 Å². The van der Waals surface area contributed by atoms with Crippen molar-refractivity contribution >= 4 is 28.5 Å². The van der Waals surface area contributed by atoms with Crippen LogP contribution in [0.3, 0.4) is 0 Å². The first-order valence-electron chi connectivity index (χ1n) is 10.3. The van der Waals surface area contributed by atoms with Crippen LogP contribution in [0.5, 0.6) is 5.75 Å². The molecule has 0 aliphatic heterocycles. The molecular weight excluding hydrogens is 380 g/mol. The molecule has 1 heterocycles. The average molecular weight is 408 g/mol. The largest absolute Gasteiger partial charge is 0.495 e. The number of aromatic nitrogens is 1. The molecule has 0 saturated carbocycles. The molecule has 1 amide bonds. The van der Waals surface area contributed by atoms with Crippen molar-refractivity contribution in [3.63, 3.8) is 0 Å². The van der Waals surface area contributed by atoms with E-state index < -0.39 is 5.97 Å². The molecule has 30 heavy (non-hydrogen) atoms. The van der Waals surface area contributed by atoms with Crippen LogP contribution >= 0.6 is 0 Å². The number of hydrogen-bond donors (Lipinski definition) is 2. The number of benzene rings is 2. The number of amides is 1. The zero-order valence-electron chi connectivity index (χ0n) is 17.6. The van der Waals surface area contributed by atoms with Gasteiger partial charge >= 0.3 is 5.97 Å². The number of anilines is 1. The Labute approximate surface area is 176 Å². The Bertz CT molecular complexity index is 1050. The van der Waals surface area contributed by atoms with E-state index >= 15 is 0 Å². The van der Waals surface area contributed by atoms with Gasteiger partial charge in [-0.3, -0.25) is 4.79 Å². The number of ether oxygens (including phenoxy) is 1. The number of carbonyl (C=O) groups is 2. The van der Waals surface area contributed by atoms with Crippen LogP contribution in [0, 0.1) is 5.92 Å². The summed E-state index contributed by atoms with van der Waals surface area (Å²) in [6.07, 6.45) is 5.73. The molecule has 1 aromatic heterocycles. The number of methoxy groups -OCH3 is 1. The summed E-state index contributed by atoms with van der Waals surface area (Å²) in [7, 11) is 1.52. The fourth-order valence-electron chi connectivity index (χ4n) is 3.64. The van der Waals surface area contributed by atoms with Crippen LogP contribution in [-0.2, 0) is 4.79 Å². The fourth-order valence-corrected chi connectivity index (χ4v) is 3.64. The number of fused-ring (bicyclic) bond motifs is 1. The number of carboxylic acids is 1. The van der Waals surface area contributed by atoms with Crippen molar-refractivity contribution in [2.45, 2.75) is 39.5 Å². The normalized spacial score (nSPS) is 12.0. The molecule has 2 N–H and O–H groups in total. The van der Waals surface area contributed by atoms with E-state index in [1.165, 1.54) is 13.2 Å². The molecule has 0 aliphatic carbocycles. The van der Waals surface area contributed by atoms with E-state index in [9.17, 15) is 14.7 Å². The average Bonchev–Trinajstić information content (AvgIpc) is 3.16. The van der Waals surface area contributed by atoms with Crippen LogP contribution in [0.2, 0.25) is 0 Å². The van der Waals surface area contributed by atoms with Crippen LogP contribution in [0.25, 0.3) is 16.6 Å². The Hall–Kier alpha value is -3.28. The van der Waals surface area contributed by atoms with Gasteiger partial charge in [-0.25, -0.2) is 4.79 Å². The third kappa shape index (κ3) is 4.48. The van der Waals surface area contributed by atoms with Crippen LogP contribution in [0.1, 0.15) is 49.9 Å². The molecule has 0 saturated heterocycles. The second-order valence-electron chi connectivity index (χ2n) is 7.39. The maximum absolute atomic E-state index is 12.7. The Kier molecular flexibility index (Phi) is 6.77. The predicted molar refractivity (Wildman–Crippen MR) is 119 cm³/mol. The lowest BCUT2D eigenvalue weighted by Crippen LogP contribution is -2.22. The van der Waals surface area contributed by atoms with E-state index in [0.717, 1.165) is 48.0 Å². The Morgan fingerprint density at radius 1 is 1.13 bits per heavy atom. The number of hydrogen-bond acceptors (Lipinski definition) is 3. The Morgan fingerprint density at radius 3 is 2.60 bits per heavy atom. The van der Waals surface area contributed by atoms with Gasteiger partial charge in [0.15, 0.2) is 0 Å². The van der Waals surface area contributed by atoms with Crippen molar-refractivity contribution in [2.75, 3.05) is 12.4 Å². The van der Waals surface area contributed by atoms with Crippen molar-refractivity contribution < 1.29 is 19.4 Å². The van der Waals surface area contributed by atoms with Gasteiger partial charge in [-0.15, -0.1) is 0 Å². The van der Waals surface area contributed by atoms with E-state index in [4.69, 9.17) is 4.74 Å². The standard InChI is InChI=1S/C24H28N2O4/c1-4-6-7-16(5-2)23(27)25-19-10-8-17-12-13-26(21(17)15-19)20-11-9-18(24(28)29)14-22(20)30-3/h8-16H,4-7H2,1-3H3,(H,25,27)(H,28,29). The highest BCUT2D eigenvalue weighted by molar-refractivity contribution is 5.95. The third-order valence-corrected chi connectivity index (χ3v) is 5.42. The summed E-state index contributed by atoms with van der Waals surface area (Å²) in [5.41, 5.74) is 2.53. The Balaban J connectivity index is 1.94. The van der Waals surface area contributed by atoms with E-state index in [1.54, 1.807) is 12.1 Å². The molecule has 0 fully saturated rings. The maximum Gasteiger partial charge on any atom is 0.335 e. The van der Waals surface area contributed by atoms with E-state index in [2.05, 4.69) is 12.2 Å². The number of carboxylic acid groups (broad SMARTS) is 1. The molecule has 3 rings (SSSR count). The molecule has 6 nitrogen and oxygen atoms in total. The van der Waals surface area contributed by atoms with Gasteiger partial charge in [0, 0.05) is 23.2 Å². The van der Waals surface area contributed by atoms with Crippen molar-refractivity contribution in [1.29, 1.82) is 0 Å². The lowest BCUT2D eigenvalue weighted by atomic mass is 9.98. The van der Waals surface area contributed by atoms with Gasteiger partial charge < -0.3 is 19.7 Å². The number of nitrogens with zero attached hydrogens (tertiary/aromatic N) is 1. The summed E-state index contributed by atoms with van der Waals surface area (Å²) in [6, 6.07) is 12.6. The molecule has 2 aromatic carbocycles. The molecule has 3 aromatic rings. The molecule has 1 atom stereocenters. The third-order valence-electron chi connectivity index (χ3n) is 5.42. The zero-order valence-corrected chi connectivity index (χ0v) is 17.6. The van der Waals surface area contributed by atoms with Crippen LogP contribution in [0.15, 0.2) is 48.7 Å². The maximum atomic E-state index is 12.7. The second-order valence-corrected chi connectivity index (χ2v) is 7.39. The topological polar surface area (TPSA) is 80.6 Å². The van der Waals surface area contributed by atoms with Crippen molar-refractivity contribution in [3.05, 3.63) is 54.2 Å². The first-order chi connectivity index (χ1) is 14.5. The summed E-state index contributed by atoms with van der Waals surface area (Å²) >= 11 is 0. The fraction of sp³-hybridized carbons (Fsp3) is 0.333. The highest BCUT2D eigenvalue weighted by Gasteiger charge is 2.17. The summed E-state index contributed by atoms with van der Waals surface area (Å²) in [4.78, 5) is 24.0. The molecular formula is C24H28N2O4. The van der Waals surface area contributed by atoms with E-state index in [0.29, 0.717) is 5.75 Å². The number of carbonyl (C=O) groups excluding carboxylic acids is 1. The minimum atomic E-state index is -1.00. The van der Waals surface area contributed by atoms with E-state index in [1.807, 2.05) is 42.0 Å². The number of rotatable bonds is 9. The molecule has 158 valence electrons. The van der Waals surface area contributed by atoms with Crippen LogP contribution in [-0.4, -0.2) is 28.7 Å². The van der Waals surface area contributed by atoms with Crippen LogP contribution in [0.4, 0.5) is 5.69 Å². The first kappa shape index (κ1) is 21.4. The highest BCUT2D eigenvalue weighted by Crippen LogP contribution is 2.30. The number of nitrogens with one attached hydrogen (secondary N) is 1. The van der Waals surface area contributed by atoms with Gasteiger partial charge in [0.05, 0.1) is 23.9 Å². The molecule has 1 unspecified atom stereocenters. The van der Waals surface area contributed by atoms with E-state index in [-0.39, 0.29) is 17.4 Å². The quantitative estimate of drug-likeness (QED) is 0.490. The predicted octanol–water partition coefficient (Wildman–Crippen LogP) is 5.49. The molecule has 0 aliphatic rings. The molecule has 6 heteroatoms. The van der Waals surface area contributed by atoms with Crippen molar-refractivity contribution in [1.82, 2.24) is 4.57 Å². The summed E-state index contributed by atoms with van der Waals surface area (Å²) in [6.45, 7) is 4.17. The van der Waals surface area contributed by atoms with Gasteiger partial charge in [-0.2, -0.15) is 0 Å². The SMILES string of the molecule is CCCCC(CC)C(=O)Nc1ccc2ccn(-c3ccc(C(=O)O)cc3OC)c2c1. The number of unbranched alkanes of at least 4 members (excludes halogenated alkanes) is 1. The smallest absolute Gasteiger partial charge is 0.335 e. The Morgan fingerprint density at radius 2 is 1.93 bits per heavy atom. The minimum Gasteiger partial charge on any atom is -0.495 e. The lowest BCUT2D eigenvalue weighted by Gasteiger charge is -2.15. The molecule has 0 radical (unpaired) electrons. The monoisotopic (exact) mass is 408 g/mol. The molecule has 0 spiro atoms. The van der Waals surface area contributed by atoms with Gasteiger partial charge in [-0.1, -0.05) is 32.8 Å². The summed E-state index contributed by atoms with van der Waals surface area (Å²) in [5.74, 6) is -0.480. The highest BCUT2D eigenvalue weighted by atomic mass is 16.5. The van der Waals surface area contributed by atoms with Crippen molar-refractivity contribution in [2.24, 2.45) is 5.92 Å². The minimum absolute atomic E-state index is 0.0103. The number of aromatic carboxylic acids is 1. The lowest BCUT2D eigenvalue weighted by molar-refractivity contribution is -0.120. The zero-order chi connectivity index (χ0) is 21.7. The van der Waals surface area contributed by atoms with Gasteiger partial charge in [0.2, 0.25) is 5.91 Å². The second kappa shape index (κ2) is 9.48. The summed E-state index contributed by atoms with van der Waals surface area (Å²) in [5, 5.41) is 13.3. The molecule has 0 bridgehead atoms. The van der Waals surface area contributed by atoms with Crippen LogP contribution < -0.4 is 10.1 Å². The summed E-state index contributed by atoms with van der Waals surface area (Å²) < 4.78 is 7.37. The van der Waals surface area contributed by atoms with Crippen molar-refractivity contribution in [3.8, 4) is 11.4 Å². The van der Waals surface area contributed by atoms with Gasteiger partial charge in [0.25, 0.3) is 0 Å². The first-order valence-corrected chi connectivity index (χ1v) is 10.3. The van der Waals surface area contributed by atoms with Gasteiger partial charge in [0.1, 0.15) is 5.75 Å².